The smallest absolute Gasteiger partial charge is 0.341 e. The summed E-state index contributed by atoms with van der Waals surface area (Å²) in [5, 5.41) is 13.2. The molecule has 2 unspecified atom stereocenters. The van der Waals surface area contributed by atoms with Gasteiger partial charge in [-0.1, -0.05) is 36.6 Å². The Kier molecular flexibility index (Phi) is 6.59. The van der Waals surface area contributed by atoms with E-state index in [0.29, 0.717) is 28.4 Å². The Balaban J connectivity index is 1.98. The predicted octanol–water partition coefficient (Wildman–Crippen LogP) is 4.99. The third kappa shape index (κ3) is 4.46. The molecule has 1 fully saturated rings. The molecule has 2 atom stereocenters. The largest absolute Gasteiger partial charge is 0.481 e. The Morgan fingerprint density at radius 3 is 2.34 bits per heavy atom. The van der Waals surface area contributed by atoms with Crippen molar-refractivity contribution in [3.05, 3.63) is 39.7 Å². The van der Waals surface area contributed by atoms with Crippen molar-refractivity contribution in [1.29, 1.82) is 0 Å². The molecule has 0 bridgehead atoms. The molecular formula is C21H22ClNO5S. The van der Waals surface area contributed by atoms with Crippen molar-refractivity contribution in [3.63, 3.8) is 0 Å². The fourth-order valence-electron chi connectivity index (χ4n) is 3.84. The molecule has 0 radical (unpaired) electrons. The molecule has 3 rings (SSSR count). The zero-order valence-corrected chi connectivity index (χ0v) is 17.7. The minimum absolute atomic E-state index is 0.272. The van der Waals surface area contributed by atoms with Gasteiger partial charge in [-0.05, 0) is 37.5 Å². The Bertz CT molecular complexity index is 937. The molecule has 8 heteroatoms. The van der Waals surface area contributed by atoms with E-state index in [9.17, 15) is 19.5 Å². The Hall–Kier alpha value is -2.38. The third-order valence-corrected chi connectivity index (χ3v) is 6.54. The lowest BCUT2D eigenvalue weighted by molar-refractivity contribution is -0.147. The second kappa shape index (κ2) is 8.97. The fourth-order valence-corrected chi connectivity index (χ4v) is 5.03. The van der Waals surface area contributed by atoms with Gasteiger partial charge in [0, 0.05) is 15.5 Å². The number of rotatable bonds is 5. The number of carboxylic acid groups (broad SMARTS) is 1. The van der Waals surface area contributed by atoms with Crippen molar-refractivity contribution in [2.75, 3.05) is 12.4 Å². The number of aryl methyl sites for hydroxylation is 1. The Morgan fingerprint density at radius 1 is 1.14 bits per heavy atom. The number of benzene rings is 1. The number of halogens is 1. The molecule has 2 aromatic rings. The van der Waals surface area contributed by atoms with Crippen LogP contribution in [0, 0.1) is 18.8 Å². The summed E-state index contributed by atoms with van der Waals surface area (Å²) in [6, 6.07) is 7.06. The zero-order chi connectivity index (χ0) is 21.1. The molecule has 1 heterocycles. The Labute approximate surface area is 177 Å². The summed E-state index contributed by atoms with van der Waals surface area (Å²) in [4.78, 5) is 37.8. The van der Waals surface area contributed by atoms with E-state index >= 15 is 0 Å². The molecule has 29 heavy (non-hydrogen) atoms. The second-order valence-electron chi connectivity index (χ2n) is 7.06. The normalized spacial score (nSPS) is 18.9. The molecule has 1 aliphatic carbocycles. The van der Waals surface area contributed by atoms with Crippen molar-refractivity contribution in [3.8, 4) is 11.1 Å². The predicted molar refractivity (Wildman–Crippen MR) is 113 cm³/mol. The quantitative estimate of drug-likeness (QED) is 0.645. The number of thiophene rings is 1. The number of anilines is 1. The molecule has 6 nitrogen and oxygen atoms in total. The van der Waals surface area contributed by atoms with Gasteiger partial charge in [0.15, 0.2) is 0 Å². The monoisotopic (exact) mass is 435 g/mol. The van der Waals surface area contributed by atoms with E-state index in [1.54, 1.807) is 24.3 Å². The first-order chi connectivity index (χ1) is 13.8. The highest BCUT2D eigenvalue weighted by atomic mass is 35.5. The number of aliphatic carboxylic acids is 1. The van der Waals surface area contributed by atoms with Crippen molar-refractivity contribution >= 4 is 45.8 Å². The lowest BCUT2D eigenvalue weighted by Gasteiger charge is -2.27. The van der Waals surface area contributed by atoms with Gasteiger partial charge in [0.2, 0.25) is 5.91 Å². The second-order valence-corrected chi connectivity index (χ2v) is 8.72. The molecule has 1 saturated carbocycles. The topological polar surface area (TPSA) is 92.7 Å². The summed E-state index contributed by atoms with van der Waals surface area (Å²) in [7, 11) is 1.29. The van der Waals surface area contributed by atoms with E-state index in [-0.39, 0.29) is 11.5 Å². The van der Waals surface area contributed by atoms with Crippen molar-refractivity contribution in [2.24, 2.45) is 11.8 Å². The maximum absolute atomic E-state index is 12.9. The van der Waals surface area contributed by atoms with Gasteiger partial charge in [-0.15, -0.1) is 11.3 Å². The standard InChI is InChI=1S/C21H22ClNO5S/c1-11-16(12-7-9-13(22)10-8-12)17(21(27)28-2)19(29-11)23-18(24)14-5-3-4-6-15(14)20(25)26/h7-10,14-15H,3-6H2,1-2H3,(H,23,24)(H,25,26). The highest BCUT2D eigenvalue weighted by Crippen LogP contribution is 2.41. The number of carboxylic acids is 1. The summed E-state index contributed by atoms with van der Waals surface area (Å²) >= 11 is 7.25. The van der Waals surface area contributed by atoms with Crippen LogP contribution in [-0.4, -0.2) is 30.1 Å². The van der Waals surface area contributed by atoms with Gasteiger partial charge in [0.25, 0.3) is 0 Å². The van der Waals surface area contributed by atoms with E-state index in [1.807, 2.05) is 6.92 Å². The third-order valence-electron chi connectivity index (χ3n) is 5.26. The molecule has 1 aromatic carbocycles. The maximum atomic E-state index is 12.9. The number of hydrogen-bond donors (Lipinski definition) is 2. The number of hydrogen-bond acceptors (Lipinski definition) is 5. The van der Waals surface area contributed by atoms with E-state index in [0.717, 1.165) is 23.3 Å². The van der Waals surface area contributed by atoms with Crippen molar-refractivity contribution in [1.82, 2.24) is 0 Å². The van der Waals surface area contributed by atoms with Crippen LogP contribution in [0.3, 0.4) is 0 Å². The van der Waals surface area contributed by atoms with Crippen molar-refractivity contribution < 1.29 is 24.2 Å². The molecular weight excluding hydrogens is 414 g/mol. The number of esters is 1. The molecule has 0 saturated heterocycles. The fraction of sp³-hybridized carbons (Fsp3) is 0.381. The molecule has 1 aliphatic rings. The van der Waals surface area contributed by atoms with Crippen LogP contribution < -0.4 is 5.32 Å². The van der Waals surface area contributed by atoms with Gasteiger partial charge < -0.3 is 15.2 Å². The van der Waals surface area contributed by atoms with Gasteiger partial charge in [-0.2, -0.15) is 0 Å². The summed E-state index contributed by atoms with van der Waals surface area (Å²) in [5.74, 6) is -3.21. The van der Waals surface area contributed by atoms with Crippen LogP contribution in [0.4, 0.5) is 5.00 Å². The summed E-state index contributed by atoms with van der Waals surface area (Å²) in [5.41, 5.74) is 1.73. The SMILES string of the molecule is COC(=O)c1c(NC(=O)C2CCCCC2C(=O)O)sc(C)c1-c1ccc(Cl)cc1. The number of nitrogens with one attached hydrogen (secondary N) is 1. The first kappa shape index (κ1) is 21.3. The van der Waals surface area contributed by atoms with Crippen LogP contribution in [0.25, 0.3) is 11.1 Å². The van der Waals surface area contributed by atoms with Crippen LogP contribution in [0.5, 0.6) is 0 Å². The molecule has 2 N–H and O–H groups in total. The molecule has 154 valence electrons. The van der Waals surface area contributed by atoms with Gasteiger partial charge >= 0.3 is 11.9 Å². The highest BCUT2D eigenvalue weighted by Gasteiger charge is 2.36. The number of carbonyl (C=O) groups is 3. The number of amides is 1. The van der Waals surface area contributed by atoms with Gasteiger partial charge in [-0.3, -0.25) is 9.59 Å². The van der Waals surface area contributed by atoms with Gasteiger partial charge in [0.05, 0.1) is 18.9 Å². The summed E-state index contributed by atoms with van der Waals surface area (Å²) < 4.78 is 4.96. The first-order valence-electron chi connectivity index (χ1n) is 9.34. The number of methoxy groups -OCH3 is 1. The Morgan fingerprint density at radius 2 is 1.76 bits per heavy atom. The van der Waals surface area contributed by atoms with Crippen LogP contribution in [0.1, 0.15) is 40.9 Å². The highest BCUT2D eigenvalue weighted by molar-refractivity contribution is 7.17. The zero-order valence-electron chi connectivity index (χ0n) is 16.2. The van der Waals surface area contributed by atoms with E-state index in [4.69, 9.17) is 16.3 Å². The lowest BCUT2D eigenvalue weighted by atomic mass is 9.78. The van der Waals surface area contributed by atoms with E-state index in [2.05, 4.69) is 5.32 Å². The minimum atomic E-state index is -0.956. The molecule has 1 aromatic heterocycles. The lowest BCUT2D eigenvalue weighted by Crippen LogP contribution is -2.36. The van der Waals surface area contributed by atoms with E-state index in [1.165, 1.54) is 18.4 Å². The van der Waals surface area contributed by atoms with E-state index < -0.39 is 23.8 Å². The van der Waals surface area contributed by atoms with Crippen LogP contribution >= 0.6 is 22.9 Å². The van der Waals surface area contributed by atoms with Crippen LogP contribution in [0.2, 0.25) is 5.02 Å². The summed E-state index contributed by atoms with van der Waals surface area (Å²) in [6.07, 6.45) is 2.61. The summed E-state index contributed by atoms with van der Waals surface area (Å²) in [6.45, 7) is 1.86. The number of carbonyl (C=O) groups excluding carboxylic acids is 2. The van der Waals surface area contributed by atoms with Gasteiger partial charge in [0.1, 0.15) is 10.6 Å². The van der Waals surface area contributed by atoms with Crippen molar-refractivity contribution in [2.45, 2.75) is 32.6 Å². The van der Waals surface area contributed by atoms with Gasteiger partial charge in [-0.25, -0.2) is 4.79 Å². The number of ether oxygens (including phenoxy) is 1. The average molecular weight is 436 g/mol. The minimum Gasteiger partial charge on any atom is -0.481 e. The van der Waals surface area contributed by atoms with Crippen LogP contribution in [-0.2, 0) is 14.3 Å². The first-order valence-corrected chi connectivity index (χ1v) is 10.5. The molecule has 0 spiro atoms. The maximum Gasteiger partial charge on any atom is 0.341 e. The molecule has 1 amide bonds. The average Bonchev–Trinajstić information content (AvgIpc) is 3.03. The van der Waals surface area contributed by atoms with Crippen LogP contribution in [0.15, 0.2) is 24.3 Å². The molecule has 0 aliphatic heterocycles.